The maximum atomic E-state index is 13.0. The minimum Gasteiger partial charge on any atom is -0.321 e. The van der Waals surface area contributed by atoms with Crippen molar-refractivity contribution in [2.75, 3.05) is 18.4 Å². The molecule has 2 aromatic heterocycles. The van der Waals surface area contributed by atoms with Crippen LogP contribution in [0.3, 0.4) is 0 Å². The lowest BCUT2D eigenvalue weighted by Gasteiger charge is -2.20. The maximum Gasteiger partial charge on any atom is 0.267 e. The third-order valence-electron chi connectivity index (χ3n) is 4.74. The Kier molecular flexibility index (Phi) is 5.69. The van der Waals surface area contributed by atoms with Crippen molar-refractivity contribution in [2.45, 2.75) is 30.6 Å². The third-order valence-corrected chi connectivity index (χ3v) is 7.54. The molecule has 0 bridgehead atoms. The molecule has 0 saturated carbocycles. The highest BCUT2D eigenvalue weighted by Gasteiger charge is 2.25. The first-order chi connectivity index (χ1) is 14.1. The summed E-state index contributed by atoms with van der Waals surface area (Å²) in [6.07, 6.45) is 5.24. The summed E-state index contributed by atoms with van der Waals surface area (Å²) < 4.78 is 29.0. The fourth-order valence-electron chi connectivity index (χ4n) is 3.28. The molecule has 11 heteroatoms. The summed E-state index contributed by atoms with van der Waals surface area (Å²) in [5, 5.41) is 15.5. The van der Waals surface area contributed by atoms with Gasteiger partial charge in [0.2, 0.25) is 10.0 Å². The Hall–Kier alpha value is -2.63. The van der Waals surface area contributed by atoms with Crippen LogP contribution in [0.4, 0.5) is 5.69 Å². The van der Waals surface area contributed by atoms with Gasteiger partial charge in [0.15, 0.2) is 0 Å². The molecule has 0 unspecified atom stereocenters. The predicted octanol–water partition coefficient (Wildman–Crippen LogP) is 2.54. The first-order valence-electron chi connectivity index (χ1n) is 9.28. The largest absolute Gasteiger partial charge is 0.321 e. The second-order valence-electron chi connectivity index (χ2n) is 6.69. The Morgan fingerprint density at radius 2 is 1.90 bits per heavy atom. The molecule has 0 aliphatic carbocycles. The Bertz CT molecular complexity index is 1090. The highest BCUT2D eigenvalue weighted by molar-refractivity contribution is 7.89. The molecular formula is C18H20N6O3S2. The lowest BCUT2D eigenvalue weighted by Crippen LogP contribution is -2.32. The van der Waals surface area contributed by atoms with Crippen molar-refractivity contribution in [1.82, 2.24) is 24.5 Å². The zero-order valence-corrected chi connectivity index (χ0v) is 17.2. The third kappa shape index (κ3) is 4.21. The van der Waals surface area contributed by atoms with Crippen molar-refractivity contribution in [3.8, 4) is 5.69 Å². The van der Waals surface area contributed by atoms with Gasteiger partial charge in [0.25, 0.3) is 5.91 Å². The topological polar surface area (TPSA) is 110 Å². The number of carbonyl (C=O) groups excluding carboxylic acids is 1. The number of anilines is 1. The van der Waals surface area contributed by atoms with Crippen LogP contribution in [0.1, 0.15) is 35.4 Å². The van der Waals surface area contributed by atoms with Crippen LogP contribution in [0.2, 0.25) is 0 Å². The highest BCUT2D eigenvalue weighted by atomic mass is 32.2. The SMILES string of the molecule is O=C(Nc1cccc(S(=O)(=O)N2CCCCCC2)c1)c1sccc1-n1cnnn1. The van der Waals surface area contributed by atoms with Crippen LogP contribution >= 0.6 is 11.3 Å². The summed E-state index contributed by atoms with van der Waals surface area (Å²) >= 11 is 1.26. The molecule has 29 heavy (non-hydrogen) atoms. The molecule has 1 aromatic carbocycles. The van der Waals surface area contributed by atoms with Gasteiger partial charge < -0.3 is 5.32 Å². The van der Waals surface area contributed by atoms with E-state index in [1.54, 1.807) is 29.6 Å². The van der Waals surface area contributed by atoms with Gasteiger partial charge in [-0.15, -0.1) is 16.4 Å². The number of tetrazole rings is 1. The molecule has 1 N–H and O–H groups in total. The van der Waals surface area contributed by atoms with E-state index in [0.29, 0.717) is 29.3 Å². The van der Waals surface area contributed by atoms with E-state index in [1.807, 2.05) is 0 Å². The zero-order valence-electron chi connectivity index (χ0n) is 15.6. The number of rotatable bonds is 5. The summed E-state index contributed by atoms with van der Waals surface area (Å²) in [5.41, 5.74) is 0.979. The number of hydrogen-bond donors (Lipinski definition) is 1. The smallest absolute Gasteiger partial charge is 0.267 e. The van der Waals surface area contributed by atoms with Crippen molar-refractivity contribution in [3.63, 3.8) is 0 Å². The van der Waals surface area contributed by atoms with Crippen LogP contribution < -0.4 is 5.32 Å². The van der Waals surface area contributed by atoms with Crippen LogP contribution in [0.5, 0.6) is 0 Å². The van der Waals surface area contributed by atoms with Gasteiger partial charge in [0.05, 0.1) is 10.6 Å². The Morgan fingerprint density at radius 3 is 2.62 bits per heavy atom. The lowest BCUT2D eigenvalue weighted by atomic mass is 10.2. The minimum atomic E-state index is -3.59. The number of nitrogens with zero attached hydrogens (tertiary/aromatic N) is 5. The predicted molar refractivity (Wildman–Crippen MR) is 109 cm³/mol. The molecule has 1 aliphatic rings. The minimum absolute atomic E-state index is 0.184. The van der Waals surface area contributed by atoms with E-state index in [-0.39, 0.29) is 10.8 Å². The maximum absolute atomic E-state index is 13.0. The molecule has 4 rings (SSSR count). The standard InChI is InChI=1S/C18H20N6O3S2/c25-18(17-16(8-11-28-17)24-13-19-21-22-24)20-14-6-5-7-15(12-14)29(26,27)23-9-3-1-2-4-10-23/h5-8,11-13H,1-4,9-10H2,(H,20,25). The average molecular weight is 433 g/mol. The van der Waals surface area contributed by atoms with Gasteiger partial charge in [-0.3, -0.25) is 4.79 Å². The summed E-state index contributed by atoms with van der Waals surface area (Å²) in [6.45, 7) is 1.06. The molecular weight excluding hydrogens is 412 g/mol. The van der Waals surface area contributed by atoms with Crippen molar-refractivity contribution >= 4 is 33.0 Å². The Labute approximate surface area is 172 Å². The van der Waals surface area contributed by atoms with E-state index >= 15 is 0 Å². The molecule has 9 nitrogen and oxygen atoms in total. The fourth-order valence-corrected chi connectivity index (χ4v) is 5.61. The Balaban J connectivity index is 1.55. The van der Waals surface area contributed by atoms with Gasteiger partial charge >= 0.3 is 0 Å². The molecule has 3 heterocycles. The van der Waals surface area contributed by atoms with E-state index in [9.17, 15) is 13.2 Å². The number of hydrogen-bond acceptors (Lipinski definition) is 7. The van der Waals surface area contributed by atoms with Gasteiger partial charge in [0, 0.05) is 18.8 Å². The molecule has 152 valence electrons. The molecule has 3 aromatic rings. The Morgan fingerprint density at radius 1 is 1.10 bits per heavy atom. The van der Waals surface area contributed by atoms with Gasteiger partial charge in [0.1, 0.15) is 11.2 Å². The fraction of sp³-hybridized carbons (Fsp3) is 0.333. The summed E-state index contributed by atoms with van der Waals surface area (Å²) in [4.78, 5) is 13.4. The first-order valence-corrected chi connectivity index (χ1v) is 11.6. The molecule has 1 saturated heterocycles. The molecule has 1 aliphatic heterocycles. The number of aromatic nitrogens is 4. The van der Waals surface area contributed by atoms with E-state index in [0.717, 1.165) is 25.7 Å². The van der Waals surface area contributed by atoms with Crippen molar-refractivity contribution in [2.24, 2.45) is 0 Å². The average Bonchev–Trinajstić information content (AvgIpc) is 3.34. The quantitative estimate of drug-likeness (QED) is 0.663. The van der Waals surface area contributed by atoms with E-state index < -0.39 is 10.0 Å². The van der Waals surface area contributed by atoms with Crippen LogP contribution in [-0.4, -0.2) is 51.9 Å². The number of benzene rings is 1. The van der Waals surface area contributed by atoms with Crippen molar-refractivity contribution in [3.05, 3.63) is 46.9 Å². The monoisotopic (exact) mass is 432 g/mol. The number of carbonyl (C=O) groups is 1. The van der Waals surface area contributed by atoms with Crippen molar-refractivity contribution in [1.29, 1.82) is 0 Å². The number of amides is 1. The number of thiophene rings is 1. The molecule has 0 spiro atoms. The highest BCUT2D eigenvalue weighted by Crippen LogP contribution is 2.25. The number of sulfonamides is 1. The molecule has 0 radical (unpaired) electrons. The number of nitrogens with one attached hydrogen (secondary N) is 1. The molecule has 0 atom stereocenters. The second kappa shape index (κ2) is 8.39. The van der Waals surface area contributed by atoms with Gasteiger partial charge in [-0.2, -0.15) is 8.99 Å². The molecule has 1 fully saturated rings. The van der Waals surface area contributed by atoms with Gasteiger partial charge in [-0.05, 0) is 52.9 Å². The van der Waals surface area contributed by atoms with Crippen LogP contribution in [0, 0.1) is 0 Å². The van der Waals surface area contributed by atoms with Gasteiger partial charge in [-0.1, -0.05) is 18.9 Å². The normalized spacial score (nSPS) is 15.7. The van der Waals surface area contributed by atoms with E-state index in [4.69, 9.17) is 0 Å². The first kappa shape index (κ1) is 19.7. The van der Waals surface area contributed by atoms with Crippen LogP contribution in [0.25, 0.3) is 5.69 Å². The van der Waals surface area contributed by atoms with Crippen molar-refractivity contribution < 1.29 is 13.2 Å². The lowest BCUT2D eigenvalue weighted by molar-refractivity contribution is 0.103. The zero-order chi connectivity index (χ0) is 20.3. The summed E-state index contributed by atoms with van der Waals surface area (Å²) in [5.74, 6) is -0.352. The van der Waals surface area contributed by atoms with E-state index in [2.05, 4.69) is 20.8 Å². The second-order valence-corrected chi connectivity index (χ2v) is 9.54. The van der Waals surface area contributed by atoms with Crippen LogP contribution in [-0.2, 0) is 10.0 Å². The summed E-state index contributed by atoms with van der Waals surface area (Å²) in [7, 11) is -3.59. The van der Waals surface area contributed by atoms with Gasteiger partial charge in [-0.25, -0.2) is 8.42 Å². The molecule has 1 amide bonds. The van der Waals surface area contributed by atoms with E-state index in [1.165, 1.54) is 32.7 Å². The summed E-state index contributed by atoms with van der Waals surface area (Å²) in [6, 6.07) is 8.12. The van der Waals surface area contributed by atoms with Crippen LogP contribution in [0.15, 0.2) is 46.9 Å².